The zero-order valence-corrected chi connectivity index (χ0v) is 19.3. The normalized spacial score (nSPS) is 16.4. The summed E-state index contributed by atoms with van der Waals surface area (Å²) >= 11 is 0. The average Bonchev–Trinajstić information content (AvgIpc) is 2.90. The second-order valence-electron chi connectivity index (χ2n) is 8.46. The molecule has 0 unspecified atom stereocenters. The first kappa shape index (κ1) is 22.9. The van der Waals surface area contributed by atoms with Crippen LogP contribution in [0, 0.1) is 0 Å². The van der Waals surface area contributed by atoms with E-state index in [4.69, 9.17) is 10.5 Å². The highest BCUT2D eigenvalue weighted by Crippen LogP contribution is 2.25. The van der Waals surface area contributed by atoms with Crippen LogP contribution in [0.25, 0.3) is 11.3 Å². The Morgan fingerprint density at radius 2 is 1.89 bits per heavy atom. The first-order valence-electron chi connectivity index (χ1n) is 11.6. The number of carbonyl (C=O) groups excluding carboxylic acids is 2. The number of nitrogen functional groups attached to an aromatic ring is 1. The van der Waals surface area contributed by atoms with Crippen LogP contribution in [-0.2, 0) is 16.0 Å². The van der Waals surface area contributed by atoms with Gasteiger partial charge < -0.3 is 25.6 Å². The van der Waals surface area contributed by atoms with E-state index in [9.17, 15) is 9.59 Å². The molecule has 2 aliphatic heterocycles. The minimum Gasteiger partial charge on any atom is -0.382 e. The number of Topliss-reactive ketones (excluding diaryl/α,β-unsaturated/α-hetero) is 1. The summed E-state index contributed by atoms with van der Waals surface area (Å²) in [7, 11) is 0. The number of nitrogens with zero attached hydrogens (tertiary/aromatic N) is 5. The summed E-state index contributed by atoms with van der Waals surface area (Å²) in [5, 5.41) is 3.07. The molecule has 3 aromatic rings. The van der Waals surface area contributed by atoms with E-state index in [0.717, 1.165) is 42.1 Å². The number of ketones is 1. The number of ether oxygens (including phenoxy) is 1. The van der Waals surface area contributed by atoms with Gasteiger partial charge in [-0.3, -0.25) is 14.6 Å². The van der Waals surface area contributed by atoms with E-state index in [1.54, 1.807) is 23.5 Å². The van der Waals surface area contributed by atoms with Crippen molar-refractivity contribution in [1.29, 1.82) is 0 Å². The van der Waals surface area contributed by atoms with Crippen LogP contribution in [0.4, 0.5) is 17.2 Å². The highest BCUT2D eigenvalue weighted by atomic mass is 16.5. The number of amides is 1. The summed E-state index contributed by atoms with van der Waals surface area (Å²) in [5.74, 6) is -0.0861. The van der Waals surface area contributed by atoms with E-state index in [1.807, 2.05) is 30.3 Å². The molecule has 0 atom stereocenters. The van der Waals surface area contributed by atoms with Crippen molar-refractivity contribution >= 4 is 28.9 Å². The van der Waals surface area contributed by atoms with E-state index in [1.165, 1.54) is 0 Å². The number of carbonyl (C=O) groups is 2. The minimum atomic E-state index is -0.220. The predicted molar refractivity (Wildman–Crippen MR) is 132 cm³/mol. The zero-order chi connectivity index (χ0) is 24.2. The lowest BCUT2D eigenvalue weighted by Gasteiger charge is -2.30. The number of hydrogen-bond acceptors (Lipinski definition) is 9. The Bertz CT molecular complexity index is 1230. The van der Waals surface area contributed by atoms with Crippen molar-refractivity contribution in [3.8, 4) is 11.3 Å². The van der Waals surface area contributed by atoms with Gasteiger partial charge in [-0.2, -0.15) is 0 Å². The summed E-state index contributed by atoms with van der Waals surface area (Å²) in [6.45, 7) is 4.54. The van der Waals surface area contributed by atoms with Crippen LogP contribution in [-0.4, -0.2) is 72.6 Å². The van der Waals surface area contributed by atoms with Crippen LogP contribution < -0.4 is 20.9 Å². The highest BCUT2D eigenvalue weighted by Gasteiger charge is 2.21. The Morgan fingerprint density at radius 3 is 2.66 bits per heavy atom. The van der Waals surface area contributed by atoms with Gasteiger partial charge in [0.2, 0.25) is 5.91 Å². The Balaban J connectivity index is 1.36. The van der Waals surface area contributed by atoms with Crippen molar-refractivity contribution in [2.75, 3.05) is 61.5 Å². The van der Waals surface area contributed by atoms with Crippen LogP contribution in [0.2, 0.25) is 0 Å². The maximum atomic E-state index is 13.2. The molecule has 180 valence electrons. The lowest BCUT2D eigenvalue weighted by atomic mass is 10.1. The molecule has 2 aromatic heterocycles. The number of nitrogens with two attached hydrogens (primary N) is 1. The van der Waals surface area contributed by atoms with Gasteiger partial charge in [-0.1, -0.05) is 12.1 Å². The molecule has 1 amide bonds. The molecule has 0 saturated carbocycles. The molecule has 2 saturated heterocycles. The number of benzene rings is 1. The minimum absolute atomic E-state index is 0.0380. The monoisotopic (exact) mass is 473 g/mol. The fourth-order valence-electron chi connectivity index (χ4n) is 4.36. The van der Waals surface area contributed by atoms with Crippen LogP contribution in [0.3, 0.4) is 0 Å². The van der Waals surface area contributed by atoms with Crippen molar-refractivity contribution < 1.29 is 14.3 Å². The number of morpholine rings is 1. The van der Waals surface area contributed by atoms with Gasteiger partial charge in [-0.25, -0.2) is 9.97 Å². The van der Waals surface area contributed by atoms with Crippen molar-refractivity contribution in [2.45, 2.75) is 6.42 Å². The number of hydrogen-bond donors (Lipinski definition) is 2. The first-order chi connectivity index (χ1) is 17.1. The SMILES string of the molecule is Nc1ncc(-c2ccc(N3CCNCC3=O)cc2)nc1C(=O)Cc1cnccc1N1CCOCC1. The summed E-state index contributed by atoms with van der Waals surface area (Å²) in [6, 6.07) is 9.42. The van der Waals surface area contributed by atoms with E-state index < -0.39 is 0 Å². The Hall–Kier alpha value is -3.89. The molecule has 0 spiro atoms. The number of aromatic nitrogens is 3. The summed E-state index contributed by atoms with van der Waals surface area (Å²) in [5.41, 5.74) is 10.1. The van der Waals surface area contributed by atoms with Crippen molar-refractivity contribution in [3.05, 3.63) is 60.2 Å². The molecule has 4 heterocycles. The standard InChI is InChI=1S/C25H27N7O3/c26-25-24(22(33)13-18-14-27-6-5-21(18)31-9-11-35-12-10-31)30-20(15-29-25)17-1-3-19(4-2-17)32-8-7-28-16-23(32)34/h1-6,14-15,28H,7-13,16H2,(H2,26,29). The predicted octanol–water partition coefficient (Wildman–Crippen LogP) is 1.32. The van der Waals surface area contributed by atoms with E-state index >= 15 is 0 Å². The lowest BCUT2D eigenvalue weighted by Crippen LogP contribution is -2.48. The maximum Gasteiger partial charge on any atom is 0.240 e. The van der Waals surface area contributed by atoms with Gasteiger partial charge >= 0.3 is 0 Å². The second kappa shape index (κ2) is 10.2. The van der Waals surface area contributed by atoms with Crippen molar-refractivity contribution in [3.63, 3.8) is 0 Å². The summed E-state index contributed by atoms with van der Waals surface area (Å²) in [6.07, 6.45) is 5.12. The average molecular weight is 474 g/mol. The van der Waals surface area contributed by atoms with Crippen molar-refractivity contribution in [1.82, 2.24) is 20.3 Å². The van der Waals surface area contributed by atoms with Gasteiger partial charge in [0.1, 0.15) is 5.69 Å². The molecule has 10 heteroatoms. The molecule has 0 radical (unpaired) electrons. The molecule has 5 rings (SSSR count). The third-order valence-corrected chi connectivity index (χ3v) is 6.21. The van der Waals surface area contributed by atoms with Crippen LogP contribution in [0.1, 0.15) is 16.1 Å². The molecule has 3 N–H and O–H groups in total. The van der Waals surface area contributed by atoms with E-state index in [-0.39, 0.29) is 29.6 Å². The molecule has 2 fully saturated rings. The van der Waals surface area contributed by atoms with Gasteiger partial charge in [-0.05, 0) is 18.2 Å². The molecule has 35 heavy (non-hydrogen) atoms. The van der Waals surface area contributed by atoms with Gasteiger partial charge in [0, 0.05) is 67.5 Å². The molecule has 0 aliphatic carbocycles. The zero-order valence-electron chi connectivity index (χ0n) is 19.3. The second-order valence-corrected chi connectivity index (χ2v) is 8.46. The number of anilines is 3. The quantitative estimate of drug-likeness (QED) is 0.510. The largest absolute Gasteiger partial charge is 0.382 e. The number of pyridine rings is 1. The third kappa shape index (κ3) is 4.98. The smallest absolute Gasteiger partial charge is 0.240 e. The molecular formula is C25H27N7O3. The maximum absolute atomic E-state index is 13.2. The van der Waals surface area contributed by atoms with Crippen LogP contribution in [0.5, 0.6) is 0 Å². The van der Waals surface area contributed by atoms with Gasteiger partial charge in [0.05, 0.1) is 31.6 Å². The first-order valence-corrected chi connectivity index (χ1v) is 11.6. The van der Waals surface area contributed by atoms with Crippen molar-refractivity contribution in [2.24, 2.45) is 0 Å². The van der Waals surface area contributed by atoms with E-state index in [2.05, 4.69) is 25.2 Å². The van der Waals surface area contributed by atoms with Gasteiger partial charge in [0.25, 0.3) is 0 Å². The van der Waals surface area contributed by atoms with Gasteiger partial charge in [0.15, 0.2) is 11.6 Å². The fourth-order valence-corrected chi connectivity index (χ4v) is 4.36. The van der Waals surface area contributed by atoms with Crippen LogP contribution in [0.15, 0.2) is 48.9 Å². The Morgan fingerprint density at radius 1 is 1.09 bits per heavy atom. The lowest BCUT2D eigenvalue weighted by molar-refractivity contribution is -0.118. The topological polar surface area (TPSA) is 127 Å². The van der Waals surface area contributed by atoms with Gasteiger partial charge in [-0.15, -0.1) is 0 Å². The molecule has 2 aliphatic rings. The summed E-state index contributed by atoms with van der Waals surface area (Å²) in [4.78, 5) is 42.4. The number of piperazine rings is 1. The highest BCUT2D eigenvalue weighted by molar-refractivity contribution is 6.00. The molecule has 0 bridgehead atoms. The van der Waals surface area contributed by atoms with Crippen LogP contribution >= 0.6 is 0 Å². The molecule has 10 nitrogen and oxygen atoms in total. The summed E-state index contributed by atoms with van der Waals surface area (Å²) < 4.78 is 5.45. The number of nitrogens with one attached hydrogen (secondary N) is 1. The fraction of sp³-hybridized carbons (Fsp3) is 0.320. The van der Waals surface area contributed by atoms with E-state index in [0.29, 0.717) is 32.0 Å². The Labute approximate surface area is 203 Å². The Kier molecular flexibility index (Phi) is 6.64. The number of rotatable bonds is 6. The third-order valence-electron chi connectivity index (χ3n) is 6.21. The molecule has 1 aromatic carbocycles. The molecular weight excluding hydrogens is 446 g/mol.